The van der Waals surface area contributed by atoms with E-state index < -0.39 is 43.2 Å². The third-order valence-electron chi connectivity index (χ3n) is 7.55. The minimum Gasteiger partial charge on any atom is -0.491 e. The smallest absolute Gasteiger partial charge is 0.119 e. The number of benzene rings is 2. The van der Waals surface area contributed by atoms with Gasteiger partial charge in [-0.2, -0.15) is 0 Å². The lowest BCUT2D eigenvalue weighted by atomic mass is 9.90. The largest absolute Gasteiger partial charge is 0.491 e. The van der Waals surface area contributed by atoms with E-state index in [1.807, 2.05) is 24.3 Å². The Morgan fingerprint density at radius 3 is 2.34 bits per heavy atom. The van der Waals surface area contributed by atoms with Gasteiger partial charge in [-0.25, -0.2) is 0 Å². The average molecular weight is 550 g/mol. The van der Waals surface area contributed by atoms with Crippen LogP contribution in [0.5, 0.6) is 5.75 Å². The summed E-state index contributed by atoms with van der Waals surface area (Å²) >= 11 is 6.45. The second-order valence-electron chi connectivity index (χ2n) is 10.5. The number of nitrogens with one attached hydrogen (secondary N) is 1. The van der Waals surface area contributed by atoms with Crippen molar-refractivity contribution < 1.29 is 35.0 Å². The fraction of sp³-hybridized carbons (Fsp3) is 0.586. The van der Waals surface area contributed by atoms with Gasteiger partial charge >= 0.3 is 0 Å². The zero-order chi connectivity index (χ0) is 27.1. The van der Waals surface area contributed by atoms with E-state index >= 15 is 0 Å². The summed E-state index contributed by atoms with van der Waals surface area (Å²) < 4.78 is 11.5. The van der Waals surface area contributed by atoms with E-state index in [1.54, 1.807) is 18.2 Å². The van der Waals surface area contributed by atoms with Gasteiger partial charge < -0.3 is 40.3 Å². The van der Waals surface area contributed by atoms with Crippen molar-refractivity contribution >= 4 is 11.6 Å². The van der Waals surface area contributed by atoms with Crippen molar-refractivity contribution in [3.63, 3.8) is 0 Å². The second kappa shape index (κ2) is 14.1. The van der Waals surface area contributed by atoms with Gasteiger partial charge in [0.2, 0.25) is 0 Å². The number of rotatable bonds is 10. The van der Waals surface area contributed by atoms with Crippen molar-refractivity contribution in [3.05, 3.63) is 64.2 Å². The summed E-state index contributed by atoms with van der Waals surface area (Å²) in [5.74, 6) is 0.670. The first-order chi connectivity index (χ1) is 18.4. The van der Waals surface area contributed by atoms with E-state index in [0.717, 1.165) is 11.1 Å². The monoisotopic (exact) mass is 549 g/mol. The van der Waals surface area contributed by atoms with Gasteiger partial charge in [0, 0.05) is 17.6 Å². The van der Waals surface area contributed by atoms with E-state index in [-0.39, 0.29) is 6.61 Å². The highest BCUT2D eigenvalue weighted by Crippen LogP contribution is 2.34. The van der Waals surface area contributed by atoms with Crippen LogP contribution >= 0.6 is 11.6 Å². The van der Waals surface area contributed by atoms with Gasteiger partial charge in [-0.05, 0) is 54.2 Å². The van der Waals surface area contributed by atoms with Crippen molar-refractivity contribution in [2.75, 3.05) is 19.8 Å². The molecule has 9 heteroatoms. The van der Waals surface area contributed by atoms with E-state index in [9.17, 15) is 25.5 Å². The van der Waals surface area contributed by atoms with Crippen molar-refractivity contribution in [2.45, 2.75) is 87.6 Å². The van der Waals surface area contributed by atoms with Gasteiger partial charge in [0.1, 0.15) is 49.0 Å². The topological polar surface area (TPSA) is 132 Å². The van der Waals surface area contributed by atoms with Crippen molar-refractivity contribution in [1.29, 1.82) is 0 Å². The van der Waals surface area contributed by atoms with Gasteiger partial charge in [0.25, 0.3) is 0 Å². The molecule has 2 aliphatic rings. The van der Waals surface area contributed by atoms with Crippen LogP contribution < -0.4 is 10.1 Å². The molecular formula is C29H40ClNO7. The maximum atomic E-state index is 10.5. The molecule has 0 unspecified atom stereocenters. The number of aliphatic hydroxyl groups excluding tert-OH is 5. The molecule has 8 nitrogen and oxygen atoms in total. The summed E-state index contributed by atoms with van der Waals surface area (Å²) in [6, 6.07) is 13.3. The van der Waals surface area contributed by atoms with Gasteiger partial charge in [-0.3, -0.25) is 0 Å². The van der Waals surface area contributed by atoms with Gasteiger partial charge in [0.05, 0.1) is 6.61 Å². The molecule has 0 amide bonds. The molecule has 1 aliphatic carbocycles. The van der Waals surface area contributed by atoms with Crippen LogP contribution in [0, 0.1) is 0 Å². The Labute approximate surface area is 229 Å². The highest BCUT2D eigenvalue weighted by Gasteiger charge is 2.44. The zero-order valence-corrected chi connectivity index (χ0v) is 22.3. The molecule has 1 heterocycles. The normalized spacial score (nSPS) is 27.6. The van der Waals surface area contributed by atoms with Crippen molar-refractivity contribution in [3.8, 4) is 5.75 Å². The van der Waals surface area contributed by atoms with Crippen molar-refractivity contribution in [2.24, 2.45) is 0 Å². The third kappa shape index (κ3) is 7.67. The SMILES string of the molecule is OC[C@H]1O[C@@H](c2ccc(Cl)c(Cc3ccc(OC[C@H](O)CNC4CCCCCC4)cc3)c2)[C@H](O)[C@@H](O)[C@@H]1O. The molecule has 2 fully saturated rings. The first-order valence-corrected chi connectivity index (χ1v) is 14.0. The Balaban J connectivity index is 1.31. The number of aliphatic hydroxyl groups is 5. The molecule has 210 valence electrons. The number of hydrogen-bond acceptors (Lipinski definition) is 8. The maximum Gasteiger partial charge on any atom is 0.119 e. The molecule has 0 radical (unpaired) electrons. The lowest BCUT2D eigenvalue weighted by Gasteiger charge is -2.40. The highest BCUT2D eigenvalue weighted by molar-refractivity contribution is 6.31. The Hall–Kier alpha value is -1.75. The fourth-order valence-corrected chi connectivity index (χ4v) is 5.43. The number of ether oxygens (including phenoxy) is 2. The maximum absolute atomic E-state index is 10.5. The first-order valence-electron chi connectivity index (χ1n) is 13.6. The lowest BCUT2D eigenvalue weighted by molar-refractivity contribution is -0.231. The summed E-state index contributed by atoms with van der Waals surface area (Å²) in [7, 11) is 0. The van der Waals surface area contributed by atoms with Crippen LogP contribution in [0.15, 0.2) is 42.5 Å². The highest BCUT2D eigenvalue weighted by atomic mass is 35.5. The summed E-state index contributed by atoms with van der Waals surface area (Å²) in [6.45, 7) is 0.252. The molecular weight excluding hydrogens is 510 g/mol. The summed E-state index contributed by atoms with van der Waals surface area (Å²) in [5.41, 5.74) is 2.38. The molecule has 0 aromatic heterocycles. The molecule has 0 spiro atoms. The molecule has 4 rings (SSSR count). The predicted octanol–water partition coefficient (Wildman–Crippen LogP) is 2.50. The first kappa shape index (κ1) is 29.2. The summed E-state index contributed by atoms with van der Waals surface area (Å²) in [6.07, 6.45) is 1.29. The Kier molecular flexibility index (Phi) is 10.8. The summed E-state index contributed by atoms with van der Waals surface area (Å²) in [4.78, 5) is 0. The van der Waals surface area contributed by atoms with Crippen LogP contribution in [-0.4, -0.2) is 81.9 Å². The zero-order valence-electron chi connectivity index (χ0n) is 21.6. The van der Waals surface area contributed by atoms with Crippen molar-refractivity contribution in [1.82, 2.24) is 5.32 Å². The van der Waals surface area contributed by atoms with Gasteiger partial charge in [0.15, 0.2) is 0 Å². The van der Waals surface area contributed by atoms with Crippen LogP contribution in [-0.2, 0) is 11.2 Å². The molecule has 2 aromatic rings. The molecule has 6 N–H and O–H groups in total. The van der Waals surface area contributed by atoms with Crippen LogP contribution in [0.4, 0.5) is 0 Å². The van der Waals surface area contributed by atoms with Crippen LogP contribution in [0.2, 0.25) is 5.02 Å². The Bertz CT molecular complexity index is 997. The average Bonchev–Trinajstić information content (AvgIpc) is 3.21. The van der Waals surface area contributed by atoms with E-state index in [1.165, 1.54) is 38.5 Å². The lowest BCUT2D eigenvalue weighted by Crippen LogP contribution is -2.55. The summed E-state index contributed by atoms with van der Waals surface area (Å²) in [5, 5.41) is 54.5. The Morgan fingerprint density at radius 1 is 0.947 bits per heavy atom. The molecule has 38 heavy (non-hydrogen) atoms. The second-order valence-corrected chi connectivity index (χ2v) is 10.9. The van der Waals surface area contributed by atoms with Crippen LogP contribution in [0.25, 0.3) is 0 Å². The quantitative estimate of drug-likeness (QED) is 0.249. The molecule has 1 saturated carbocycles. The Morgan fingerprint density at radius 2 is 1.66 bits per heavy atom. The molecule has 1 aliphatic heterocycles. The predicted molar refractivity (Wildman–Crippen MR) is 144 cm³/mol. The third-order valence-corrected chi connectivity index (χ3v) is 7.92. The van der Waals surface area contributed by atoms with E-state index in [0.29, 0.717) is 35.3 Å². The van der Waals surface area contributed by atoms with E-state index in [4.69, 9.17) is 21.1 Å². The van der Waals surface area contributed by atoms with Gasteiger partial charge in [-0.15, -0.1) is 0 Å². The minimum absolute atomic E-state index is 0.214. The molecule has 2 aromatic carbocycles. The fourth-order valence-electron chi connectivity index (χ4n) is 5.25. The van der Waals surface area contributed by atoms with E-state index in [2.05, 4.69) is 5.32 Å². The van der Waals surface area contributed by atoms with Crippen LogP contribution in [0.1, 0.15) is 61.3 Å². The van der Waals surface area contributed by atoms with Crippen LogP contribution in [0.3, 0.4) is 0 Å². The minimum atomic E-state index is -1.44. The molecule has 1 saturated heterocycles. The standard InChI is InChI=1S/C29H40ClNO7/c30-24-12-9-19(29-28(36)27(35)26(34)25(16-32)38-29)14-20(24)13-18-7-10-23(11-8-18)37-17-22(33)15-31-21-5-3-1-2-4-6-21/h7-12,14,21-22,25-29,31-36H,1-6,13,15-17H2/t22-,25-,26-,27+,28-,29+/m1/s1. The molecule has 6 atom stereocenters. The number of halogens is 1. The van der Waals surface area contributed by atoms with Gasteiger partial charge in [-0.1, -0.05) is 61.5 Å². The molecule has 0 bridgehead atoms. The number of hydrogen-bond donors (Lipinski definition) is 6.